The molecule has 0 bridgehead atoms. The quantitative estimate of drug-likeness (QED) is 0.712. The van der Waals surface area contributed by atoms with Crippen molar-refractivity contribution in [1.82, 2.24) is 10.2 Å². The number of hydrogen-bond donors (Lipinski definition) is 1. The van der Waals surface area contributed by atoms with Crippen LogP contribution in [0.1, 0.15) is 46.0 Å². The van der Waals surface area contributed by atoms with Crippen LogP contribution in [0.2, 0.25) is 0 Å². The third-order valence-electron chi connectivity index (χ3n) is 3.64. The van der Waals surface area contributed by atoms with E-state index in [2.05, 4.69) is 24.1 Å². The standard InChI is InChI=1S/C12H22N2O/c1-12(2)9-11(15)14(8-7-13-12)10-5-3-4-6-10/h10,13H,3-9H2,1-2H3. The average Bonchev–Trinajstić information content (AvgIpc) is 2.59. The van der Waals surface area contributed by atoms with Gasteiger partial charge in [-0.2, -0.15) is 0 Å². The van der Waals surface area contributed by atoms with Gasteiger partial charge in [0, 0.05) is 31.1 Å². The summed E-state index contributed by atoms with van der Waals surface area (Å²) in [5.74, 6) is 0.344. The number of rotatable bonds is 1. The van der Waals surface area contributed by atoms with Crippen molar-refractivity contribution in [3.05, 3.63) is 0 Å². The number of nitrogens with zero attached hydrogens (tertiary/aromatic N) is 1. The Morgan fingerprint density at radius 3 is 2.67 bits per heavy atom. The van der Waals surface area contributed by atoms with Crippen LogP contribution in [-0.4, -0.2) is 35.5 Å². The fourth-order valence-corrected chi connectivity index (χ4v) is 2.78. The lowest BCUT2D eigenvalue weighted by molar-refractivity contribution is -0.133. The predicted octanol–water partition coefficient (Wildman–Crippen LogP) is 1.53. The minimum absolute atomic E-state index is 0.0234. The molecule has 15 heavy (non-hydrogen) atoms. The molecule has 1 aliphatic heterocycles. The number of carbonyl (C=O) groups is 1. The van der Waals surface area contributed by atoms with Crippen LogP contribution in [0.3, 0.4) is 0 Å². The smallest absolute Gasteiger partial charge is 0.224 e. The van der Waals surface area contributed by atoms with Crippen molar-refractivity contribution in [1.29, 1.82) is 0 Å². The highest BCUT2D eigenvalue weighted by Gasteiger charge is 2.32. The Morgan fingerprint density at radius 2 is 2.00 bits per heavy atom. The average molecular weight is 210 g/mol. The van der Waals surface area contributed by atoms with E-state index in [4.69, 9.17) is 0 Å². The van der Waals surface area contributed by atoms with Gasteiger partial charge in [0.2, 0.25) is 5.91 Å². The highest BCUT2D eigenvalue weighted by molar-refractivity contribution is 5.78. The van der Waals surface area contributed by atoms with Crippen LogP contribution in [0.25, 0.3) is 0 Å². The lowest BCUT2D eigenvalue weighted by Gasteiger charge is -2.28. The molecule has 0 radical (unpaired) electrons. The monoisotopic (exact) mass is 210 g/mol. The molecule has 0 unspecified atom stereocenters. The van der Waals surface area contributed by atoms with Crippen molar-refractivity contribution in [3.63, 3.8) is 0 Å². The van der Waals surface area contributed by atoms with Crippen LogP contribution in [0.4, 0.5) is 0 Å². The zero-order valence-corrected chi connectivity index (χ0v) is 9.88. The fourth-order valence-electron chi connectivity index (χ4n) is 2.78. The van der Waals surface area contributed by atoms with Crippen LogP contribution >= 0.6 is 0 Å². The molecule has 1 N–H and O–H groups in total. The summed E-state index contributed by atoms with van der Waals surface area (Å²) in [6.07, 6.45) is 5.67. The van der Waals surface area contributed by atoms with Crippen molar-refractivity contribution in [3.8, 4) is 0 Å². The Labute approximate surface area is 92.2 Å². The first-order valence-corrected chi connectivity index (χ1v) is 6.13. The van der Waals surface area contributed by atoms with Gasteiger partial charge in [-0.25, -0.2) is 0 Å². The molecule has 1 saturated carbocycles. The zero-order valence-electron chi connectivity index (χ0n) is 9.88. The zero-order chi connectivity index (χ0) is 10.9. The first kappa shape index (κ1) is 10.9. The molecule has 1 heterocycles. The molecule has 2 aliphatic rings. The van der Waals surface area contributed by atoms with Crippen LogP contribution < -0.4 is 5.32 Å². The fraction of sp³-hybridized carbons (Fsp3) is 0.917. The normalized spacial score (nSPS) is 28.1. The molecule has 3 nitrogen and oxygen atoms in total. The molecule has 0 aromatic heterocycles. The minimum atomic E-state index is -0.0234. The molecule has 86 valence electrons. The molecule has 0 aromatic carbocycles. The third kappa shape index (κ3) is 2.51. The predicted molar refractivity (Wildman–Crippen MR) is 60.7 cm³/mol. The SMILES string of the molecule is CC1(C)CC(=O)N(C2CCCC2)CCN1. The highest BCUT2D eigenvalue weighted by Crippen LogP contribution is 2.26. The molecule has 0 atom stereocenters. The lowest BCUT2D eigenvalue weighted by Crippen LogP contribution is -2.40. The molecular weight excluding hydrogens is 188 g/mol. The van der Waals surface area contributed by atoms with Crippen molar-refractivity contribution in [2.24, 2.45) is 0 Å². The first-order valence-electron chi connectivity index (χ1n) is 6.13. The van der Waals surface area contributed by atoms with Crippen LogP contribution in [0.15, 0.2) is 0 Å². The molecule has 1 aliphatic carbocycles. The van der Waals surface area contributed by atoms with Crippen molar-refractivity contribution in [2.45, 2.75) is 57.5 Å². The second-order valence-corrected chi connectivity index (χ2v) is 5.51. The maximum Gasteiger partial charge on any atom is 0.224 e. The van der Waals surface area contributed by atoms with Gasteiger partial charge in [0.25, 0.3) is 0 Å². The molecule has 0 aromatic rings. The van der Waals surface area contributed by atoms with E-state index in [-0.39, 0.29) is 5.54 Å². The summed E-state index contributed by atoms with van der Waals surface area (Å²) in [4.78, 5) is 14.2. The molecule has 0 spiro atoms. The van der Waals surface area contributed by atoms with E-state index >= 15 is 0 Å². The van der Waals surface area contributed by atoms with E-state index < -0.39 is 0 Å². The van der Waals surface area contributed by atoms with E-state index in [0.717, 1.165) is 13.1 Å². The van der Waals surface area contributed by atoms with Crippen LogP contribution in [0.5, 0.6) is 0 Å². The number of hydrogen-bond acceptors (Lipinski definition) is 2. The summed E-state index contributed by atoms with van der Waals surface area (Å²) in [5, 5.41) is 3.44. The Balaban J connectivity index is 2.03. The van der Waals surface area contributed by atoms with Crippen LogP contribution in [-0.2, 0) is 4.79 Å². The Bertz CT molecular complexity index is 244. The number of carbonyl (C=O) groups excluding carboxylic acids is 1. The molecule has 1 amide bonds. The first-order chi connectivity index (χ1) is 7.08. The Morgan fingerprint density at radius 1 is 1.33 bits per heavy atom. The van der Waals surface area contributed by atoms with Gasteiger partial charge in [-0.3, -0.25) is 4.79 Å². The topological polar surface area (TPSA) is 32.3 Å². The number of nitrogens with one attached hydrogen (secondary N) is 1. The summed E-state index contributed by atoms with van der Waals surface area (Å²) >= 11 is 0. The summed E-state index contributed by atoms with van der Waals surface area (Å²) in [7, 11) is 0. The van der Waals surface area contributed by atoms with Gasteiger partial charge in [0.15, 0.2) is 0 Å². The van der Waals surface area contributed by atoms with Gasteiger partial charge in [-0.15, -0.1) is 0 Å². The van der Waals surface area contributed by atoms with Gasteiger partial charge in [0.1, 0.15) is 0 Å². The summed E-state index contributed by atoms with van der Waals surface area (Å²) in [5.41, 5.74) is -0.0234. The summed E-state index contributed by atoms with van der Waals surface area (Å²) < 4.78 is 0. The second kappa shape index (κ2) is 4.12. The van der Waals surface area contributed by atoms with Crippen LogP contribution in [0, 0.1) is 0 Å². The maximum absolute atomic E-state index is 12.1. The van der Waals surface area contributed by atoms with E-state index in [9.17, 15) is 4.79 Å². The maximum atomic E-state index is 12.1. The Kier molecular flexibility index (Phi) is 3.01. The second-order valence-electron chi connectivity index (χ2n) is 5.51. The van der Waals surface area contributed by atoms with Gasteiger partial charge in [0.05, 0.1) is 0 Å². The van der Waals surface area contributed by atoms with Crippen molar-refractivity contribution in [2.75, 3.05) is 13.1 Å². The third-order valence-corrected chi connectivity index (χ3v) is 3.64. The van der Waals surface area contributed by atoms with Gasteiger partial charge in [-0.1, -0.05) is 12.8 Å². The van der Waals surface area contributed by atoms with Gasteiger partial charge < -0.3 is 10.2 Å². The minimum Gasteiger partial charge on any atom is -0.338 e. The van der Waals surface area contributed by atoms with Gasteiger partial charge in [-0.05, 0) is 26.7 Å². The molecule has 2 rings (SSSR count). The number of amides is 1. The lowest BCUT2D eigenvalue weighted by atomic mass is 10.0. The van der Waals surface area contributed by atoms with E-state index in [1.165, 1.54) is 25.7 Å². The van der Waals surface area contributed by atoms with E-state index in [1.807, 2.05) is 0 Å². The summed E-state index contributed by atoms with van der Waals surface area (Å²) in [6, 6.07) is 0.535. The van der Waals surface area contributed by atoms with Crippen molar-refractivity contribution >= 4 is 5.91 Å². The van der Waals surface area contributed by atoms with Gasteiger partial charge >= 0.3 is 0 Å². The molecule has 3 heteroatoms. The largest absolute Gasteiger partial charge is 0.338 e. The molecule has 1 saturated heterocycles. The molecule has 2 fully saturated rings. The Hall–Kier alpha value is -0.570. The molecular formula is C12H22N2O. The summed E-state index contributed by atoms with van der Waals surface area (Å²) in [6.45, 7) is 6.06. The highest BCUT2D eigenvalue weighted by atomic mass is 16.2. The van der Waals surface area contributed by atoms with E-state index in [0.29, 0.717) is 18.4 Å². The van der Waals surface area contributed by atoms with Crippen molar-refractivity contribution < 1.29 is 4.79 Å². The van der Waals surface area contributed by atoms with E-state index in [1.54, 1.807) is 0 Å².